The molecule has 32 heavy (non-hydrogen) atoms. The number of carbonyl (C=O) groups is 2. The summed E-state index contributed by atoms with van der Waals surface area (Å²) in [5, 5.41) is 3.04. The Bertz CT molecular complexity index is 891. The summed E-state index contributed by atoms with van der Waals surface area (Å²) in [5.41, 5.74) is 2.19. The summed E-state index contributed by atoms with van der Waals surface area (Å²) in [6.45, 7) is 5.96. The predicted octanol–water partition coefficient (Wildman–Crippen LogP) is 3.90. The van der Waals surface area contributed by atoms with Gasteiger partial charge in [-0.15, -0.1) is 0 Å². The van der Waals surface area contributed by atoms with E-state index in [0.717, 1.165) is 41.9 Å². The lowest BCUT2D eigenvalue weighted by atomic mass is 10.0. The van der Waals surface area contributed by atoms with E-state index in [1.165, 1.54) is 0 Å². The minimum Gasteiger partial charge on any atom is -0.493 e. The van der Waals surface area contributed by atoms with Crippen LogP contribution in [0.4, 0.5) is 0 Å². The third-order valence-corrected chi connectivity index (χ3v) is 5.81. The first-order valence-electron chi connectivity index (χ1n) is 11.5. The molecule has 3 rings (SSSR count). The Labute approximate surface area is 190 Å². The van der Waals surface area contributed by atoms with E-state index in [0.29, 0.717) is 32.5 Å². The van der Waals surface area contributed by atoms with Gasteiger partial charge in [-0.2, -0.15) is 0 Å². The molecule has 2 amide bonds. The molecule has 2 aromatic rings. The smallest absolute Gasteiger partial charge is 0.258 e. The molecule has 2 aromatic carbocycles. The maximum atomic E-state index is 12.5. The topological polar surface area (TPSA) is 67.9 Å². The number of carbonyl (C=O) groups excluding carboxylic acids is 2. The lowest BCUT2D eigenvalue weighted by Crippen LogP contribution is -2.47. The second kappa shape index (κ2) is 12.1. The average molecular weight is 439 g/mol. The molecule has 1 N–H and O–H groups in total. The number of nitrogens with one attached hydrogen (secondary N) is 1. The molecule has 0 atom stereocenters. The maximum Gasteiger partial charge on any atom is 0.258 e. The molecule has 0 spiro atoms. The van der Waals surface area contributed by atoms with Crippen LogP contribution < -0.4 is 14.8 Å². The van der Waals surface area contributed by atoms with Gasteiger partial charge in [-0.25, -0.2) is 0 Å². The molecule has 1 heterocycles. The van der Waals surface area contributed by atoms with Crippen molar-refractivity contribution < 1.29 is 19.1 Å². The highest BCUT2D eigenvalue weighted by molar-refractivity contribution is 5.78. The van der Waals surface area contributed by atoms with Gasteiger partial charge in [0.1, 0.15) is 11.5 Å². The SMILES string of the molecule is CCc1ccccc1OCC(=O)NC1CCN(C(=O)CCCOc2ccccc2C)CC1. The summed E-state index contributed by atoms with van der Waals surface area (Å²) >= 11 is 0. The Morgan fingerprint density at radius 1 is 1.00 bits per heavy atom. The summed E-state index contributed by atoms with van der Waals surface area (Å²) in [6.07, 6.45) is 3.57. The first-order chi connectivity index (χ1) is 15.6. The number of likely N-dealkylation sites (tertiary alicyclic amines) is 1. The number of ether oxygens (including phenoxy) is 2. The molecule has 1 aliphatic heterocycles. The van der Waals surface area contributed by atoms with Crippen molar-refractivity contribution in [2.45, 2.75) is 52.0 Å². The monoisotopic (exact) mass is 438 g/mol. The van der Waals surface area contributed by atoms with Crippen LogP contribution in [0, 0.1) is 6.92 Å². The molecule has 1 aliphatic rings. The first kappa shape index (κ1) is 23.6. The standard InChI is InChI=1S/C26H34N2O4/c1-3-21-10-5-7-12-24(21)32-19-25(29)27-22-14-16-28(17-15-22)26(30)13-8-18-31-23-11-6-4-9-20(23)2/h4-7,9-12,22H,3,8,13-19H2,1-2H3,(H,27,29). The van der Waals surface area contributed by atoms with Gasteiger partial charge < -0.3 is 19.7 Å². The van der Waals surface area contributed by atoms with Crippen molar-refractivity contribution in [3.05, 3.63) is 59.7 Å². The lowest BCUT2D eigenvalue weighted by Gasteiger charge is -2.32. The van der Waals surface area contributed by atoms with E-state index < -0.39 is 0 Å². The Balaban J connectivity index is 1.31. The van der Waals surface area contributed by atoms with Crippen LogP contribution in [0.5, 0.6) is 11.5 Å². The van der Waals surface area contributed by atoms with E-state index >= 15 is 0 Å². The largest absolute Gasteiger partial charge is 0.493 e. The van der Waals surface area contributed by atoms with Gasteiger partial charge in [0.15, 0.2) is 6.61 Å². The van der Waals surface area contributed by atoms with Crippen LogP contribution in [0.25, 0.3) is 0 Å². The van der Waals surface area contributed by atoms with Crippen LogP contribution >= 0.6 is 0 Å². The van der Waals surface area contributed by atoms with Crippen LogP contribution in [-0.2, 0) is 16.0 Å². The predicted molar refractivity (Wildman–Crippen MR) is 125 cm³/mol. The number of hydrogen-bond acceptors (Lipinski definition) is 4. The summed E-state index contributed by atoms with van der Waals surface area (Å²) in [4.78, 5) is 26.7. The first-order valence-corrected chi connectivity index (χ1v) is 11.5. The van der Waals surface area contributed by atoms with Crippen LogP contribution in [0.15, 0.2) is 48.5 Å². The van der Waals surface area contributed by atoms with E-state index in [2.05, 4.69) is 12.2 Å². The van der Waals surface area contributed by atoms with E-state index in [-0.39, 0.29) is 24.5 Å². The molecule has 6 nitrogen and oxygen atoms in total. The zero-order valence-corrected chi connectivity index (χ0v) is 19.1. The summed E-state index contributed by atoms with van der Waals surface area (Å²) in [7, 11) is 0. The van der Waals surface area contributed by atoms with Gasteiger partial charge in [0.05, 0.1) is 6.61 Å². The molecule has 0 saturated carbocycles. The van der Waals surface area contributed by atoms with Crippen LogP contribution in [-0.4, -0.2) is 49.1 Å². The van der Waals surface area contributed by atoms with Crippen molar-refractivity contribution in [1.82, 2.24) is 10.2 Å². The highest BCUT2D eigenvalue weighted by Crippen LogP contribution is 2.19. The van der Waals surface area contributed by atoms with Gasteiger partial charge in [0.25, 0.3) is 5.91 Å². The lowest BCUT2D eigenvalue weighted by molar-refractivity contribution is -0.132. The number of piperidine rings is 1. The normalized spacial score (nSPS) is 14.1. The molecule has 6 heteroatoms. The Morgan fingerprint density at radius 2 is 1.69 bits per heavy atom. The summed E-state index contributed by atoms with van der Waals surface area (Å²) in [6, 6.07) is 15.8. The van der Waals surface area contributed by atoms with Crippen LogP contribution in [0.2, 0.25) is 0 Å². The summed E-state index contributed by atoms with van der Waals surface area (Å²) in [5.74, 6) is 1.67. The highest BCUT2D eigenvalue weighted by atomic mass is 16.5. The zero-order valence-electron chi connectivity index (χ0n) is 19.1. The number of amides is 2. The number of rotatable bonds is 10. The minimum atomic E-state index is -0.117. The van der Waals surface area contributed by atoms with Gasteiger partial charge in [-0.1, -0.05) is 43.3 Å². The van der Waals surface area contributed by atoms with Crippen molar-refractivity contribution in [3.63, 3.8) is 0 Å². The van der Waals surface area contributed by atoms with Crippen LogP contribution in [0.1, 0.15) is 43.7 Å². The zero-order chi connectivity index (χ0) is 22.8. The molecule has 1 fully saturated rings. The second-order valence-electron chi connectivity index (χ2n) is 8.19. The number of hydrogen-bond donors (Lipinski definition) is 1. The molecule has 0 aromatic heterocycles. The maximum absolute atomic E-state index is 12.5. The van der Waals surface area contributed by atoms with Crippen molar-refractivity contribution in [2.24, 2.45) is 0 Å². The number of nitrogens with zero attached hydrogens (tertiary/aromatic N) is 1. The Hall–Kier alpha value is -3.02. The third-order valence-electron chi connectivity index (χ3n) is 5.81. The molecule has 0 bridgehead atoms. The fourth-order valence-electron chi connectivity index (χ4n) is 3.90. The number of para-hydroxylation sites is 2. The van der Waals surface area contributed by atoms with Crippen molar-refractivity contribution >= 4 is 11.8 Å². The number of benzene rings is 2. The second-order valence-corrected chi connectivity index (χ2v) is 8.19. The van der Waals surface area contributed by atoms with Crippen molar-refractivity contribution in [1.29, 1.82) is 0 Å². The number of aryl methyl sites for hydroxylation is 2. The Kier molecular flexibility index (Phi) is 8.96. The minimum absolute atomic E-state index is 0.0110. The van der Waals surface area contributed by atoms with E-state index in [1.54, 1.807) is 0 Å². The van der Waals surface area contributed by atoms with Gasteiger partial charge >= 0.3 is 0 Å². The van der Waals surface area contributed by atoms with Gasteiger partial charge in [0.2, 0.25) is 5.91 Å². The average Bonchev–Trinajstić information content (AvgIpc) is 2.82. The Morgan fingerprint density at radius 3 is 2.41 bits per heavy atom. The molecule has 0 unspecified atom stereocenters. The van der Waals surface area contributed by atoms with Gasteiger partial charge in [-0.05, 0) is 55.9 Å². The molecular formula is C26H34N2O4. The summed E-state index contributed by atoms with van der Waals surface area (Å²) < 4.78 is 11.5. The molecular weight excluding hydrogens is 404 g/mol. The van der Waals surface area contributed by atoms with Crippen LogP contribution in [0.3, 0.4) is 0 Å². The highest BCUT2D eigenvalue weighted by Gasteiger charge is 2.23. The van der Waals surface area contributed by atoms with E-state index in [4.69, 9.17) is 9.47 Å². The van der Waals surface area contributed by atoms with Gasteiger partial charge in [0, 0.05) is 25.6 Å². The van der Waals surface area contributed by atoms with E-state index in [9.17, 15) is 9.59 Å². The fraction of sp³-hybridized carbons (Fsp3) is 0.462. The molecule has 0 radical (unpaired) electrons. The molecule has 0 aliphatic carbocycles. The third kappa shape index (κ3) is 7.01. The fourth-order valence-corrected chi connectivity index (χ4v) is 3.90. The van der Waals surface area contributed by atoms with E-state index in [1.807, 2.05) is 60.4 Å². The van der Waals surface area contributed by atoms with Crippen molar-refractivity contribution in [2.75, 3.05) is 26.3 Å². The van der Waals surface area contributed by atoms with Gasteiger partial charge in [-0.3, -0.25) is 9.59 Å². The molecule has 1 saturated heterocycles. The van der Waals surface area contributed by atoms with Crippen molar-refractivity contribution in [3.8, 4) is 11.5 Å². The quantitative estimate of drug-likeness (QED) is 0.571. The molecule has 172 valence electrons.